The monoisotopic (exact) mass is 297 g/mol. The van der Waals surface area contributed by atoms with Gasteiger partial charge in [-0.1, -0.05) is 53.7 Å². The molecule has 3 rings (SSSR count). The SMILES string of the molecule is C[Si](C)(C)OC1(/C=N/O)c2ccccc2-c2ccccc21. The van der Waals surface area contributed by atoms with Crippen LogP contribution in [0.5, 0.6) is 0 Å². The summed E-state index contributed by atoms with van der Waals surface area (Å²) in [6.45, 7) is 6.43. The van der Waals surface area contributed by atoms with E-state index in [1.807, 2.05) is 24.3 Å². The number of nitrogens with zero attached hydrogens (tertiary/aromatic N) is 1. The number of benzene rings is 2. The van der Waals surface area contributed by atoms with Crippen LogP contribution >= 0.6 is 0 Å². The summed E-state index contributed by atoms with van der Waals surface area (Å²) >= 11 is 0. The average molecular weight is 297 g/mol. The molecule has 0 radical (unpaired) electrons. The van der Waals surface area contributed by atoms with Gasteiger partial charge in [0.2, 0.25) is 0 Å². The van der Waals surface area contributed by atoms with Crippen molar-refractivity contribution in [2.45, 2.75) is 25.2 Å². The van der Waals surface area contributed by atoms with Gasteiger partial charge in [-0.05, 0) is 30.8 Å². The Morgan fingerprint density at radius 2 is 1.43 bits per heavy atom. The van der Waals surface area contributed by atoms with Crippen LogP contribution in [0.3, 0.4) is 0 Å². The van der Waals surface area contributed by atoms with E-state index in [9.17, 15) is 5.21 Å². The van der Waals surface area contributed by atoms with Gasteiger partial charge in [-0.3, -0.25) is 0 Å². The molecule has 0 atom stereocenters. The van der Waals surface area contributed by atoms with E-state index in [0.717, 1.165) is 22.3 Å². The molecule has 1 aliphatic rings. The summed E-state index contributed by atoms with van der Waals surface area (Å²) in [4.78, 5) is 0. The summed E-state index contributed by atoms with van der Waals surface area (Å²) in [7, 11) is -1.87. The maximum absolute atomic E-state index is 9.24. The smallest absolute Gasteiger partial charge is 0.185 e. The highest BCUT2D eigenvalue weighted by Gasteiger charge is 2.45. The van der Waals surface area contributed by atoms with Crippen LogP contribution in [0.15, 0.2) is 53.7 Å². The Bertz CT molecular complexity index is 658. The average Bonchev–Trinajstić information content (AvgIpc) is 2.70. The Balaban J connectivity index is 2.33. The first kappa shape index (κ1) is 14.0. The standard InChI is InChI=1S/C17H19NO2Si/c1-21(2,3)20-17(12-18-19)15-10-6-4-8-13(15)14-9-5-7-11-16(14)17/h4-12,19H,1-3H3/b18-12+. The van der Waals surface area contributed by atoms with Crippen molar-refractivity contribution >= 4 is 14.5 Å². The molecule has 0 aliphatic heterocycles. The molecule has 4 heteroatoms. The molecule has 2 aromatic rings. The lowest BCUT2D eigenvalue weighted by Gasteiger charge is -2.34. The van der Waals surface area contributed by atoms with Crippen molar-refractivity contribution in [2.24, 2.45) is 5.16 Å². The topological polar surface area (TPSA) is 41.8 Å². The second kappa shape index (κ2) is 4.82. The summed E-state index contributed by atoms with van der Waals surface area (Å²) in [6, 6.07) is 16.3. The third-order valence-electron chi connectivity index (χ3n) is 3.65. The van der Waals surface area contributed by atoms with Gasteiger partial charge >= 0.3 is 0 Å². The highest BCUT2D eigenvalue weighted by molar-refractivity contribution is 6.70. The van der Waals surface area contributed by atoms with Gasteiger partial charge in [0, 0.05) is 11.1 Å². The zero-order chi connectivity index (χ0) is 15.1. The van der Waals surface area contributed by atoms with Crippen LogP contribution in [0.4, 0.5) is 0 Å². The highest BCUT2D eigenvalue weighted by Crippen LogP contribution is 2.49. The molecule has 2 aromatic carbocycles. The van der Waals surface area contributed by atoms with E-state index >= 15 is 0 Å². The first-order chi connectivity index (χ1) is 9.98. The van der Waals surface area contributed by atoms with E-state index in [1.165, 1.54) is 6.21 Å². The third kappa shape index (κ3) is 2.20. The molecule has 0 saturated carbocycles. The number of rotatable bonds is 3. The summed E-state index contributed by atoms with van der Waals surface area (Å²) < 4.78 is 6.51. The molecule has 1 N–H and O–H groups in total. The molecule has 0 heterocycles. The normalized spacial score (nSPS) is 16.0. The van der Waals surface area contributed by atoms with E-state index in [4.69, 9.17) is 4.43 Å². The lowest BCUT2D eigenvalue weighted by atomic mass is 9.93. The number of fused-ring (bicyclic) bond motifs is 3. The quantitative estimate of drug-likeness (QED) is 0.399. The minimum absolute atomic E-state index is 0.785. The molecule has 1 aliphatic carbocycles. The van der Waals surface area contributed by atoms with Gasteiger partial charge in [-0.15, -0.1) is 0 Å². The van der Waals surface area contributed by atoms with Crippen LogP contribution in [0.25, 0.3) is 11.1 Å². The van der Waals surface area contributed by atoms with E-state index < -0.39 is 13.9 Å². The highest BCUT2D eigenvalue weighted by atomic mass is 28.4. The Labute approximate surface area is 126 Å². The van der Waals surface area contributed by atoms with Gasteiger partial charge < -0.3 is 9.63 Å². The van der Waals surface area contributed by atoms with Crippen molar-refractivity contribution in [2.75, 3.05) is 0 Å². The van der Waals surface area contributed by atoms with E-state index in [-0.39, 0.29) is 0 Å². The third-order valence-corrected chi connectivity index (χ3v) is 4.59. The number of oxime groups is 1. The maximum Gasteiger partial charge on any atom is 0.185 e. The van der Waals surface area contributed by atoms with Gasteiger partial charge in [0.1, 0.15) is 5.60 Å². The fourth-order valence-corrected chi connectivity index (χ4v) is 4.31. The molecule has 0 bridgehead atoms. The van der Waals surface area contributed by atoms with Gasteiger partial charge in [-0.25, -0.2) is 0 Å². The van der Waals surface area contributed by atoms with Crippen molar-refractivity contribution in [1.29, 1.82) is 0 Å². The molecule has 0 saturated heterocycles. The largest absolute Gasteiger partial charge is 0.411 e. The van der Waals surface area contributed by atoms with Crippen molar-refractivity contribution in [1.82, 2.24) is 0 Å². The first-order valence-electron chi connectivity index (χ1n) is 7.06. The van der Waals surface area contributed by atoms with Crippen LogP contribution in [-0.2, 0) is 10.0 Å². The van der Waals surface area contributed by atoms with Gasteiger partial charge in [0.25, 0.3) is 0 Å². The second-order valence-corrected chi connectivity index (χ2v) is 10.7. The molecule has 0 fully saturated rings. The lowest BCUT2D eigenvalue weighted by Crippen LogP contribution is -2.41. The van der Waals surface area contributed by atoms with E-state index in [0.29, 0.717) is 0 Å². The zero-order valence-corrected chi connectivity index (χ0v) is 13.5. The fraction of sp³-hybridized carbons (Fsp3) is 0.235. The molecule has 0 unspecified atom stereocenters. The van der Waals surface area contributed by atoms with Crippen LogP contribution < -0.4 is 0 Å². The van der Waals surface area contributed by atoms with Crippen LogP contribution in [0, 0.1) is 0 Å². The van der Waals surface area contributed by atoms with Crippen molar-refractivity contribution in [3.63, 3.8) is 0 Å². The maximum atomic E-state index is 9.24. The van der Waals surface area contributed by atoms with Crippen LogP contribution in [-0.4, -0.2) is 19.7 Å². The fourth-order valence-electron chi connectivity index (χ4n) is 3.07. The molecule has 3 nitrogen and oxygen atoms in total. The lowest BCUT2D eigenvalue weighted by molar-refractivity contribution is 0.181. The molecule has 0 spiro atoms. The van der Waals surface area contributed by atoms with Crippen molar-refractivity contribution < 1.29 is 9.63 Å². The van der Waals surface area contributed by atoms with Gasteiger partial charge in [0.15, 0.2) is 8.32 Å². The predicted molar refractivity (Wildman–Crippen MR) is 87.4 cm³/mol. The summed E-state index contributed by atoms with van der Waals surface area (Å²) in [5.74, 6) is 0. The van der Waals surface area contributed by atoms with Crippen molar-refractivity contribution in [3.8, 4) is 11.1 Å². The second-order valence-electron chi connectivity index (χ2n) is 6.29. The first-order valence-corrected chi connectivity index (χ1v) is 10.5. The number of hydrogen-bond donors (Lipinski definition) is 1. The Morgan fingerprint density at radius 1 is 0.952 bits per heavy atom. The predicted octanol–water partition coefficient (Wildman–Crippen LogP) is 4.22. The molecule has 0 aromatic heterocycles. The molecule has 108 valence electrons. The minimum atomic E-state index is -1.87. The van der Waals surface area contributed by atoms with Gasteiger partial charge in [0.05, 0.1) is 6.21 Å². The minimum Gasteiger partial charge on any atom is -0.411 e. The Morgan fingerprint density at radius 3 is 1.86 bits per heavy atom. The van der Waals surface area contributed by atoms with E-state index in [2.05, 4.69) is 49.1 Å². The molecule has 21 heavy (non-hydrogen) atoms. The zero-order valence-electron chi connectivity index (χ0n) is 12.5. The van der Waals surface area contributed by atoms with Crippen LogP contribution in [0.1, 0.15) is 11.1 Å². The Hall–Kier alpha value is -1.91. The molecular formula is C17H19NO2Si. The van der Waals surface area contributed by atoms with Crippen molar-refractivity contribution in [3.05, 3.63) is 59.7 Å². The number of hydrogen-bond acceptors (Lipinski definition) is 3. The van der Waals surface area contributed by atoms with Gasteiger partial charge in [-0.2, -0.15) is 0 Å². The summed E-state index contributed by atoms with van der Waals surface area (Å²) in [6.07, 6.45) is 1.52. The van der Waals surface area contributed by atoms with Crippen LogP contribution in [0.2, 0.25) is 19.6 Å². The van der Waals surface area contributed by atoms with E-state index in [1.54, 1.807) is 0 Å². The molecular weight excluding hydrogens is 278 g/mol. The summed E-state index contributed by atoms with van der Waals surface area (Å²) in [5, 5.41) is 12.6. The molecule has 0 amide bonds. The Kier molecular flexibility index (Phi) is 3.23. The summed E-state index contributed by atoms with van der Waals surface area (Å²) in [5.41, 5.74) is 3.60.